The Kier molecular flexibility index (Phi) is 10.4. The predicted octanol–water partition coefficient (Wildman–Crippen LogP) is 2.69. The minimum Gasteiger partial charge on any atom is -0.494 e. The molecule has 0 radical (unpaired) electrons. The van der Waals surface area contributed by atoms with Crippen LogP contribution in [0, 0.1) is 6.92 Å². The second kappa shape index (κ2) is 13.7. The number of para-hydroxylation sites is 1. The molecule has 222 valence electrons. The van der Waals surface area contributed by atoms with Crippen molar-refractivity contribution in [2.45, 2.75) is 25.5 Å². The Morgan fingerprint density at radius 3 is 2.22 bits per heavy atom. The SMILES string of the molecule is CO.COc1cccc(-c2nnc(NS(=O)(=O)[C@@H](C)Cc3ncc(C)nc3OC)n2-c2c(OC)cccc2OC)n1.[HH]. The van der Waals surface area contributed by atoms with Crippen LogP contribution in [0.25, 0.3) is 17.2 Å². The first-order valence-electron chi connectivity index (χ1n) is 12.2. The molecule has 15 heteroatoms. The van der Waals surface area contributed by atoms with Crippen molar-refractivity contribution in [2.75, 3.05) is 40.3 Å². The molecule has 0 fully saturated rings. The van der Waals surface area contributed by atoms with Gasteiger partial charge in [0.2, 0.25) is 27.7 Å². The molecule has 0 saturated heterocycles. The first-order chi connectivity index (χ1) is 19.7. The molecular weight excluding hydrogens is 554 g/mol. The molecule has 0 aliphatic rings. The fourth-order valence-corrected chi connectivity index (χ4v) is 4.79. The van der Waals surface area contributed by atoms with Gasteiger partial charge >= 0.3 is 0 Å². The van der Waals surface area contributed by atoms with Gasteiger partial charge in [-0.05, 0) is 32.0 Å². The van der Waals surface area contributed by atoms with Gasteiger partial charge in [-0.3, -0.25) is 14.3 Å². The molecule has 41 heavy (non-hydrogen) atoms. The molecular formula is C26H35N7O7S. The molecule has 3 heterocycles. The third kappa shape index (κ3) is 6.81. The van der Waals surface area contributed by atoms with E-state index in [2.05, 4.69) is 29.9 Å². The van der Waals surface area contributed by atoms with E-state index in [1.165, 1.54) is 33.0 Å². The van der Waals surface area contributed by atoms with Gasteiger partial charge in [-0.2, -0.15) is 0 Å². The standard InChI is InChI=1S/C25H29N7O6S.CH4O.H2/c1-15-14-26-18(24(27-15)38-6)13-16(2)39(33,34)31-25-30-29-23(17-9-7-12-21(28-17)37-5)32(25)22-19(35-3)10-8-11-20(22)36-4;1-2;/h7-12,14,16H,13H2,1-6H3,(H,30,31);2H,1H3;1H/t16-;;/m0../s1. The van der Waals surface area contributed by atoms with E-state index in [4.69, 9.17) is 24.1 Å². The molecule has 0 saturated carbocycles. The highest BCUT2D eigenvalue weighted by atomic mass is 32.2. The van der Waals surface area contributed by atoms with Crippen LogP contribution < -0.4 is 23.7 Å². The van der Waals surface area contributed by atoms with Crippen LogP contribution >= 0.6 is 0 Å². The number of aliphatic hydroxyl groups excluding tert-OH is 1. The highest BCUT2D eigenvalue weighted by Gasteiger charge is 2.29. The lowest BCUT2D eigenvalue weighted by Crippen LogP contribution is -2.29. The molecule has 3 aromatic heterocycles. The van der Waals surface area contributed by atoms with Gasteiger partial charge in [0.15, 0.2) is 5.82 Å². The van der Waals surface area contributed by atoms with E-state index in [1.807, 2.05) is 0 Å². The van der Waals surface area contributed by atoms with Crippen molar-refractivity contribution in [2.24, 2.45) is 0 Å². The fourth-order valence-electron chi connectivity index (χ4n) is 3.83. The van der Waals surface area contributed by atoms with Gasteiger partial charge in [0.05, 0.1) is 39.4 Å². The van der Waals surface area contributed by atoms with E-state index in [9.17, 15) is 8.42 Å². The summed E-state index contributed by atoms with van der Waals surface area (Å²) < 4.78 is 52.9. The number of nitrogens with one attached hydrogen (secondary N) is 1. The number of hydrogen-bond acceptors (Lipinski definition) is 12. The molecule has 0 amide bonds. The Morgan fingerprint density at radius 1 is 0.951 bits per heavy atom. The lowest BCUT2D eigenvalue weighted by atomic mass is 10.2. The first-order valence-corrected chi connectivity index (χ1v) is 13.8. The zero-order valence-corrected chi connectivity index (χ0v) is 24.6. The maximum absolute atomic E-state index is 13.5. The molecule has 0 spiro atoms. The van der Waals surface area contributed by atoms with E-state index in [0.717, 1.165) is 7.11 Å². The fraction of sp³-hybridized carbons (Fsp3) is 0.346. The molecule has 0 aliphatic carbocycles. The number of benzene rings is 1. The normalized spacial score (nSPS) is 11.6. The number of ether oxygens (including phenoxy) is 4. The molecule has 0 bridgehead atoms. The summed E-state index contributed by atoms with van der Waals surface area (Å²) in [6.45, 7) is 3.33. The summed E-state index contributed by atoms with van der Waals surface area (Å²) in [6, 6.07) is 10.3. The van der Waals surface area contributed by atoms with Crippen LogP contribution in [-0.4, -0.2) is 84.0 Å². The maximum atomic E-state index is 13.5. The molecule has 1 atom stereocenters. The summed E-state index contributed by atoms with van der Waals surface area (Å²) in [7, 11) is 2.92. The lowest BCUT2D eigenvalue weighted by Gasteiger charge is -2.19. The number of aryl methyl sites for hydroxylation is 1. The molecule has 4 aromatic rings. The second-order valence-electron chi connectivity index (χ2n) is 8.39. The summed E-state index contributed by atoms with van der Waals surface area (Å²) in [6.07, 6.45) is 1.60. The van der Waals surface area contributed by atoms with Crippen molar-refractivity contribution >= 4 is 16.0 Å². The highest BCUT2D eigenvalue weighted by Crippen LogP contribution is 2.37. The number of aliphatic hydroxyl groups is 1. The van der Waals surface area contributed by atoms with Crippen molar-refractivity contribution in [3.8, 4) is 40.5 Å². The van der Waals surface area contributed by atoms with Gasteiger partial charge in [-0.1, -0.05) is 12.1 Å². The number of pyridine rings is 1. The molecule has 2 N–H and O–H groups in total. The van der Waals surface area contributed by atoms with Gasteiger partial charge in [0.25, 0.3) is 0 Å². The number of sulfonamides is 1. The van der Waals surface area contributed by atoms with Crippen molar-refractivity contribution in [1.82, 2.24) is 29.7 Å². The van der Waals surface area contributed by atoms with Crippen LogP contribution in [0.3, 0.4) is 0 Å². The third-order valence-electron chi connectivity index (χ3n) is 5.82. The Balaban J connectivity index is 0.00000201. The summed E-state index contributed by atoms with van der Waals surface area (Å²) in [5, 5.41) is 14.5. The van der Waals surface area contributed by atoms with Gasteiger partial charge in [0, 0.05) is 27.2 Å². The molecule has 14 nitrogen and oxygen atoms in total. The maximum Gasteiger partial charge on any atom is 0.243 e. The molecule has 0 unspecified atom stereocenters. The summed E-state index contributed by atoms with van der Waals surface area (Å²) in [5.74, 6) is 1.54. The molecule has 1 aromatic carbocycles. The average molecular weight is 590 g/mol. The number of rotatable bonds is 11. The lowest BCUT2D eigenvalue weighted by molar-refractivity contribution is 0.387. The summed E-state index contributed by atoms with van der Waals surface area (Å²) in [5.41, 5.74) is 1.83. The van der Waals surface area contributed by atoms with E-state index < -0.39 is 15.3 Å². The Morgan fingerprint density at radius 2 is 1.61 bits per heavy atom. The van der Waals surface area contributed by atoms with Gasteiger partial charge in [0.1, 0.15) is 28.6 Å². The smallest absolute Gasteiger partial charge is 0.243 e. The zero-order chi connectivity index (χ0) is 30.2. The second-order valence-corrected chi connectivity index (χ2v) is 10.5. The van der Waals surface area contributed by atoms with Crippen molar-refractivity contribution in [1.29, 1.82) is 0 Å². The average Bonchev–Trinajstić information content (AvgIpc) is 3.40. The van der Waals surface area contributed by atoms with Crippen molar-refractivity contribution in [3.05, 3.63) is 54.0 Å². The summed E-state index contributed by atoms with van der Waals surface area (Å²) >= 11 is 0. The molecule has 0 aliphatic heterocycles. The van der Waals surface area contributed by atoms with Gasteiger partial charge < -0.3 is 24.1 Å². The van der Waals surface area contributed by atoms with Gasteiger partial charge in [-0.25, -0.2) is 18.4 Å². The monoisotopic (exact) mass is 589 g/mol. The number of hydrogen-bond donors (Lipinski definition) is 2. The number of methoxy groups -OCH3 is 4. The quantitative estimate of drug-likeness (QED) is 0.262. The van der Waals surface area contributed by atoms with Crippen molar-refractivity contribution in [3.63, 3.8) is 0 Å². The molecule has 4 rings (SSSR count). The van der Waals surface area contributed by atoms with E-state index in [1.54, 1.807) is 56.4 Å². The van der Waals surface area contributed by atoms with E-state index in [0.29, 0.717) is 40.1 Å². The summed E-state index contributed by atoms with van der Waals surface area (Å²) in [4.78, 5) is 13.0. The topological polar surface area (TPSA) is 173 Å². The van der Waals surface area contributed by atoms with Gasteiger partial charge in [-0.15, -0.1) is 10.2 Å². The zero-order valence-electron chi connectivity index (χ0n) is 23.8. The van der Waals surface area contributed by atoms with Crippen LogP contribution in [0.1, 0.15) is 19.7 Å². The third-order valence-corrected chi connectivity index (χ3v) is 7.51. The highest BCUT2D eigenvalue weighted by molar-refractivity contribution is 7.93. The van der Waals surface area contributed by atoms with Crippen LogP contribution in [0.15, 0.2) is 42.6 Å². The Labute approximate surface area is 239 Å². The minimum absolute atomic E-state index is 0. The first kappa shape index (κ1) is 31.0. The number of nitrogens with zero attached hydrogens (tertiary/aromatic N) is 6. The van der Waals surface area contributed by atoms with Crippen LogP contribution in [0.5, 0.6) is 23.3 Å². The van der Waals surface area contributed by atoms with Crippen LogP contribution in [-0.2, 0) is 16.4 Å². The van der Waals surface area contributed by atoms with Crippen LogP contribution in [0.2, 0.25) is 0 Å². The largest absolute Gasteiger partial charge is 0.494 e. The minimum atomic E-state index is -4.02. The van der Waals surface area contributed by atoms with Crippen LogP contribution in [0.4, 0.5) is 5.95 Å². The Hall–Kier alpha value is -4.50. The van der Waals surface area contributed by atoms with E-state index in [-0.39, 0.29) is 25.5 Å². The van der Waals surface area contributed by atoms with E-state index >= 15 is 0 Å². The van der Waals surface area contributed by atoms with Crippen molar-refractivity contribution < 1.29 is 33.9 Å². The number of aromatic nitrogens is 6. The predicted molar refractivity (Wildman–Crippen MR) is 154 cm³/mol. The number of anilines is 1. The Bertz CT molecular complexity index is 1560.